The predicted molar refractivity (Wildman–Crippen MR) is 113 cm³/mol. The van der Waals surface area contributed by atoms with Crippen LogP contribution in [0.2, 0.25) is 0 Å². The maximum absolute atomic E-state index is 11.0. The SMILES string of the molecule is Cl.Cl.O=C(C=Cc1ccc(N[C@@H]2CCN(CC3=CCCCC3)C2)nc1)NO. The van der Waals surface area contributed by atoms with Crippen LogP contribution in [0.4, 0.5) is 5.82 Å². The molecule has 2 heterocycles. The Hall–Kier alpha value is -1.60. The van der Waals surface area contributed by atoms with Gasteiger partial charge >= 0.3 is 0 Å². The number of anilines is 1. The molecule has 1 aliphatic heterocycles. The van der Waals surface area contributed by atoms with Gasteiger partial charge in [-0.25, -0.2) is 10.5 Å². The summed E-state index contributed by atoms with van der Waals surface area (Å²) in [5.74, 6) is 0.300. The van der Waals surface area contributed by atoms with Crippen molar-refractivity contribution in [2.24, 2.45) is 0 Å². The highest BCUT2D eigenvalue weighted by molar-refractivity contribution is 5.90. The van der Waals surface area contributed by atoms with E-state index < -0.39 is 5.91 Å². The third-order valence-electron chi connectivity index (χ3n) is 4.76. The monoisotopic (exact) mass is 414 g/mol. The summed E-state index contributed by atoms with van der Waals surface area (Å²) in [5.41, 5.74) is 3.98. The third kappa shape index (κ3) is 7.50. The molecular weight excluding hydrogens is 387 g/mol. The quantitative estimate of drug-likeness (QED) is 0.287. The number of hydrogen-bond acceptors (Lipinski definition) is 5. The van der Waals surface area contributed by atoms with Crippen molar-refractivity contribution in [2.45, 2.75) is 38.1 Å². The zero-order chi connectivity index (χ0) is 17.5. The first kappa shape index (κ1) is 23.4. The van der Waals surface area contributed by atoms with Crippen molar-refractivity contribution in [3.63, 3.8) is 0 Å². The highest BCUT2D eigenvalue weighted by atomic mass is 35.5. The van der Waals surface area contributed by atoms with E-state index in [0.29, 0.717) is 6.04 Å². The molecule has 1 fully saturated rings. The number of pyridine rings is 1. The Labute approximate surface area is 172 Å². The molecular formula is C19H28Cl2N4O2. The number of hydroxylamine groups is 1. The molecule has 1 aliphatic carbocycles. The molecule has 3 rings (SSSR count). The standard InChI is InChI=1S/C19H26N4O2.2ClH/c24-19(22-25)9-7-15-6-8-18(20-12-15)21-17-10-11-23(14-17)13-16-4-2-1-3-5-16;;/h4,6-9,12,17,25H,1-3,5,10-11,13-14H2,(H,20,21)(H,22,24);2*1H/t17-;;/m1../s1. The fourth-order valence-corrected chi connectivity index (χ4v) is 3.44. The van der Waals surface area contributed by atoms with Crippen LogP contribution in [-0.2, 0) is 4.79 Å². The molecule has 27 heavy (non-hydrogen) atoms. The van der Waals surface area contributed by atoms with Gasteiger partial charge in [0.05, 0.1) is 0 Å². The Kier molecular flexibility index (Phi) is 10.4. The van der Waals surface area contributed by atoms with Crippen molar-refractivity contribution in [2.75, 3.05) is 25.0 Å². The lowest BCUT2D eigenvalue weighted by molar-refractivity contribution is -0.124. The summed E-state index contributed by atoms with van der Waals surface area (Å²) in [6.45, 7) is 3.30. The lowest BCUT2D eigenvalue weighted by Crippen LogP contribution is -2.28. The van der Waals surface area contributed by atoms with Crippen LogP contribution in [0.25, 0.3) is 6.08 Å². The Bertz CT molecular complexity index is 650. The minimum atomic E-state index is -0.554. The predicted octanol–water partition coefficient (Wildman–Crippen LogP) is 3.43. The Balaban J connectivity index is 0.00000182. The Morgan fingerprint density at radius 3 is 2.85 bits per heavy atom. The molecule has 0 radical (unpaired) electrons. The van der Waals surface area contributed by atoms with Gasteiger partial charge in [0.2, 0.25) is 0 Å². The number of nitrogens with one attached hydrogen (secondary N) is 2. The van der Waals surface area contributed by atoms with Crippen molar-refractivity contribution in [1.82, 2.24) is 15.4 Å². The number of allylic oxidation sites excluding steroid dienone is 1. The molecule has 1 aromatic heterocycles. The average Bonchev–Trinajstić information content (AvgIpc) is 3.08. The second kappa shape index (κ2) is 12.0. The van der Waals surface area contributed by atoms with E-state index in [9.17, 15) is 4.79 Å². The van der Waals surface area contributed by atoms with Crippen molar-refractivity contribution < 1.29 is 10.0 Å². The van der Waals surface area contributed by atoms with Crippen LogP contribution in [0.3, 0.4) is 0 Å². The van der Waals surface area contributed by atoms with E-state index in [-0.39, 0.29) is 24.8 Å². The molecule has 0 spiro atoms. The van der Waals surface area contributed by atoms with Crippen molar-refractivity contribution in [1.29, 1.82) is 0 Å². The van der Waals surface area contributed by atoms with Gasteiger partial charge in [-0.3, -0.25) is 14.9 Å². The highest BCUT2D eigenvalue weighted by Gasteiger charge is 2.23. The molecule has 1 saturated heterocycles. The summed E-state index contributed by atoms with van der Waals surface area (Å²) in [6, 6.07) is 4.25. The lowest BCUT2D eigenvalue weighted by Gasteiger charge is -2.21. The summed E-state index contributed by atoms with van der Waals surface area (Å²) in [5, 5.41) is 12.0. The van der Waals surface area contributed by atoms with Crippen LogP contribution in [0.1, 0.15) is 37.7 Å². The molecule has 1 aromatic rings. The number of carbonyl (C=O) groups is 1. The fraction of sp³-hybridized carbons (Fsp3) is 0.474. The molecule has 0 aromatic carbocycles. The molecule has 0 saturated carbocycles. The summed E-state index contributed by atoms with van der Waals surface area (Å²) < 4.78 is 0. The summed E-state index contributed by atoms with van der Waals surface area (Å²) >= 11 is 0. The van der Waals surface area contributed by atoms with Crippen molar-refractivity contribution in [3.8, 4) is 0 Å². The molecule has 1 atom stereocenters. The maximum Gasteiger partial charge on any atom is 0.267 e. The van der Waals surface area contributed by atoms with Gasteiger partial charge in [0.25, 0.3) is 5.91 Å². The second-order valence-electron chi connectivity index (χ2n) is 6.76. The first-order valence-electron chi connectivity index (χ1n) is 8.98. The van der Waals surface area contributed by atoms with Crippen LogP contribution in [0.5, 0.6) is 0 Å². The first-order valence-corrected chi connectivity index (χ1v) is 8.98. The minimum Gasteiger partial charge on any atom is -0.366 e. The van der Waals surface area contributed by atoms with Gasteiger partial charge in [-0.2, -0.15) is 0 Å². The normalized spacial score (nSPS) is 19.7. The number of amides is 1. The third-order valence-corrected chi connectivity index (χ3v) is 4.76. The van der Waals surface area contributed by atoms with Gasteiger partial charge in [-0.1, -0.05) is 11.6 Å². The number of carbonyl (C=O) groups excluding carboxylic acids is 1. The molecule has 8 heteroatoms. The van der Waals surface area contributed by atoms with E-state index in [0.717, 1.165) is 37.4 Å². The van der Waals surface area contributed by atoms with E-state index in [1.165, 1.54) is 31.8 Å². The van der Waals surface area contributed by atoms with Gasteiger partial charge in [0, 0.05) is 37.9 Å². The maximum atomic E-state index is 11.0. The fourth-order valence-electron chi connectivity index (χ4n) is 3.44. The van der Waals surface area contributed by atoms with Gasteiger partial charge in [-0.15, -0.1) is 24.8 Å². The van der Waals surface area contributed by atoms with Gasteiger partial charge < -0.3 is 5.32 Å². The molecule has 3 N–H and O–H groups in total. The summed E-state index contributed by atoms with van der Waals surface area (Å²) in [7, 11) is 0. The zero-order valence-corrected chi connectivity index (χ0v) is 16.9. The van der Waals surface area contributed by atoms with E-state index >= 15 is 0 Å². The van der Waals surface area contributed by atoms with Gasteiger partial charge in [-0.05, 0) is 55.9 Å². The molecule has 150 valence electrons. The van der Waals surface area contributed by atoms with Crippen LogP contribution in [0.15, 0.2) is 36.1 Å². The molecule has 0 bridgehead atoms. The largest absolute Gasteiger partial charge is 0.366 e. The number of hydrogen-bond donors (Lipinski definition) is 3. The molecule has 1 amide bonds. The van der Waals surface area contributed by atoms with Gasteiger partial charge in [0.15, 0.2) is 0 Å². The smallest absolute Gasteiger partial charge is 0.267 e. The number of nitrogens with zero attached hydrogens (tertiary/aromatic N) is 2. The lowest BCUT2D eigenvalue weighted by atomic mass is 9.99. The molecule has 6 nitrogen and oxygen atoms in total. The van der Waals surface area contributed by atoms with E-state index in [2.05, 4.69) is 21.3 Å². The summed E-state index contributed by atoms with van der Waals surface area (Å²) in [4.78, 5) is 17.9. The molecule has 0 unspecified atom stereocenters. The van der Waals surface area contributed by atoms with E-state index in [1.54, 1.807) is 23.3 Å². The Morgan fingerprint density at radius 1 is 1.33 bits per heavy atom. The molecule has 2 aliphatic rings. The zero-order valence-electron chi connectivity index (χ0n) is 15.3. The van der Waals surface area contributed by atoms with Crippen LogP contribution >= 0.6 is 24.8 Å². The minimum absolute atomic E-state index is 0. The topological polar surface area (TPSA) is 77.5 Å². The summed E-state index contributed by atoms with van der Waals surface area (Å²) in [6.07, 6.45) is 13.3. The van der Waals surface area contributed by atoms with Gasteiger partial charge in [0.1, 0.15) is 5.82 Å². The highest BCUT2D eigenvalue weighted by Crippen LogP contribution is 2.21. The first-order chi connectivity index (χ1) is 12.2. The number of likely N-dealkylation sites (tertiary alicyclic amines) is 1. The number of rotatable bonds is 6. The van der Waals surface area contributed by atoms with Crippen LogP contribution in [0, 0.1) is 0 Å². The van der Waals surface area contributed by atoms with Crippen molar-refractivity contribution >= 4 is 42.6 Å². The second-order valence-corrected chi connectivity index (χ2v) is 6.76. The average molecular weight is 415 g/mol. The van der Waals surface area contributed by atoms with E-state index in [1.807, 2.05) is 12.1 Å². The van der Waals surface area contributed by atoms with Crippen molar-refractivity contribution in [3.05, 3.63) is 41.6 Å². The van der Waals surface area contributed by atoms with Crippen LogP contribution < -0.4 is 10.8 Å². The number of aromatic nitrogens is 1. The Morgan fingerprint density at radius 2 is 2.19 bits per heavy atom. The van der Waals surface area contributed by atoms with E-state index in [4.69, 9.17) is 5.21 Å². The number of halogens is 2. The van der Waals surface area contributed by atoms with Crippen LogP contribution in [-0.4, -0.2) is 46.7 Å².